The lowest BCUT2D eigenvalue weighted by molar-refractivity contribution is 0.483. The first-order chi connectivity index (χ1) is 13.8. The Labute approximate surface area is 163 Å². The second kappa shape index (κ2) is 6.75. The summed E-state index contributed by atoms with van der Waals surface area (Å²) in [5.41, 5.74) is 6.14. The van der Waals surface area contributed by atoms with E-state index in [0.717, 1.165) is 44.4 Å². The summed E-state index contributed by atoms with van der Waals surface area (Å²) in [6, 6.07) is 34.7. The fourth-order valence-corrected chi connectivity index (χ4v) is 3.75. The molecular formula is C26H19NO. The molecule has 0 amide bonds. The van der Waals surface area contributed by atoms with Crippen LogP contribution in [0.5, 0.6) is 5.75 Å². The number of aromatic hydroxyl groups is 1. The smallest absolute Gasteiger partial charge is 0.132 e. The maximum absolute atomic E-state index is 10.9. The van der Waals surface area contributed by atoms with Gasteiger partial charge in [0, 0.05) is 16.5 Å². The van der Waals surface area contributed by atoms with Crippen molar-refractivity contribution >= 4 is 10.8 Å². The van der Waals surface area contributed by atoms with Gasteiger partial charge in [0.1, 0.15) is 5.75 Å². The van der Waals surface area contributed by atoms with Crippen molar-refractivity contribution in [1.29, 1.82) is 0 Å². The highest BCUT2D eigenvalue weighted by Gasteiger charge is 2.16. The van der Waals surface area contributed by atoms with Crippen molar-refractivity contribution in [3.8, 4) is 39.4 Å². The number of phenolic OH excluding ortho intramolecular Hbond substituents is 1. The molecule has 28 heavy (non-hydrogen) atoms. The van der Waals surface area contributed by atoms with E-state index in [1.54, 1.807) is 0 Å². The zero-order valence-electron chi connectivity index (χ0n) is 15.3. The summed E-state index contributed by atoms with van der Waals surface area (Å²) in [4.78, 5) is 3.56. The summed E-state index contributed by atoms with van der Waals surface area (Å²) in [6.45, 7) is 0. The van der Waals surface area contributed by atoms with Gasteiger partial charge in [-0.1, -0.05) is 91.0 Å². The molecule has 4 aromatic carbocycles. The molecule has 5 aromatic rings. The lowest BCUT2D eigenvalue weighted by atomic mass is 10.00. The van der Waals surface area contributed by atoms with Crippen molar-refractivity contribution in [2.75, 3.05) is 0 Å². The number of H-pyrrole nitrogens is 1. The Bertz CT molecular complexity index is 1200. The highest BCUT2D eigenvalue weighted by Crippen LogP contribution is 2.40. The molecule has 134 valence electrons. The molecule has 0 aliphatic rings. The minimum Gasteiger partial charge on any atom is -0.507 e. The van der Waals surface area contributed by atoms with Crippen LogP contribution in [0, 0.1) is 0 Å². The zero-order chi connectivity index (χ0) is 18.9. The van der Waals surface area contributed by atoms with Crippen molar-refractivity contribution in [2.24, 2.45) is 0 Å². The molecule has 2 heteroatoms. The molecule has 5 rings (SSSR count). The normalized spacial score (nSPS) is 11.0. The van der Waals surface area contributed by atoms with E-state index in [4.69, 9.17) is 0 Å². The van der Waals surface area contributed by atoms with Crippen LogP contribution in [-0.2, 0) is 0 Å². The van der Waals surface area contributed by atoms with Gasteiger partial charge in [0.05, 0.1) is 11.4 Å². The number of fused-ring (bicyclic) bond motifs is 1. The number of rotatable bonds is 3. The van der Waals surface area contributed by atoms with Crippen molar-refractivity contribution in [2.45, 2.75) is 0 Å². The minimum atomic E-state index is 0.304. The van der Waals surface area contributed by atoms with Gasteiger partial charge in [-0.05, 0) is 28.6 Å². The summed E-state index contributed by atoms with van der Waals surface area (Å²) in [5.74, 6) is 0.304. The number of aromatic amines is 1. The number of nitrogens with one attached hydrogen (secondary N) is 1. The Morgan fingerprint density at radius 1 is 0.571 bits per heavy atom. The predicted octanol–water partition coefficient (Wildman–Crippen LogP) is 6.87. The fourth-order valence-electron chi connectivity index (χ4n) is 3.75. The Morgan fingerprint density at radius 2 is 1.21 bits per heavy atom. The maximum atomic E-state index is 10.9. The van der Waals surface area contributed by atoms with Crippen molar-refractivity contribution in [3.63, 3.8) is 0 Å². The summed E-state index contributed by atoms with van der Waals surface area (Å²) in [7, 11) is 0. The second-order valence-corrected chi connectivity index (χ2v) is 6.89. The predicted molar refractivity (Wildman–Crippen MR) is 116 cm³/mol. The molecule has 2 N–H and O–H groups in total. The van der Waals surface area contributed by atoms with Crippen molar-refractivity contribution in [1.82, 2.24) is 4.98 Å². The highest BCUT2D eigenvalue weighted by atomic mass is 16.3. The molecular weight excluding hydrogens is 342 g/mol. The van der Waals surface area contributed by atoms with Crippen LogP contribution in [0.2, 0.25) is 0 Å². The maximum Gasteiger partial charge on any atom is 0.132 e. The average molecular weight is 361 g/mol. The number of hydrogen-bond acceptors (Lipinski definition) is 1. The molecule has 0 spiro atoms. The summed E-state index contributed by atoms with van der Waals surface area (Å²) >= 11 is 0. The monoisotopic (exact) mass is 361 g/mol. The minimum absolute atomic E-state index is 0.304. The van der Waals surface area contributed by atoms with E-state index < -0.39 is 0 Å². The lowest BCUT2D eigenvalue weighted by Crippen LogP contribution is -1.83. The Morgan fingerprint density at radius 3 is 1.96 bits per heavy atom. The van der Waals surface area contributed by atoms with Crippen molar-refractivity contribution in [3.05, 3.63) is 103 Å². The van der Waals surface area contributed by atoms with Gasteiger partial charge in [-0.2, -0.15) is 0 Å². The van der Waals surface area contributed by atoms with Crippen LogP contribution in [0.4, 0.5) is 0 Å². The van der Waals surface area contributed by atoms with Crippen LogP contribution in [0.3, 0.4) is 0 Å². The van der Waals surface area contributed by atoms with Gasteiger partial charge in [-0.25, -0.2) is 0 Å². The molecule has 0 aliphatic heterocycles. The van der Waals surface area contributed by atoms with E-state index in [-0.39, 0.29) is 0 Å². The van der Waals surface area contributed by atoms with Gasteiger partial charge in [0.15, 0.2) is 0 Å². The molecule has 1 heterocycles. The molecule has 1 aromatic heterocycles. The fraction of sp³-hybridized carbons (Fsp3) is 0. The van der Waals surface area contributed by atoms with Gasteiger partial charge >= 0.3 is 0 Å². The first-order valence-corrected chi connectivity index (χ1v) is 9.36. The highest BCUT2D eigenvalue weighted by molar-refractivity contribution is 5.96. The summed E-state index contributed by atoms with van der Waals surface area (Å²) in [5, 5.41) is 12.8. The van der Waals surface area contributed by atoms with E-state index in [1.807, 2.05) is 66.7 Å². The molecule has 2 nitrogen and oxygen atoms in total. The average Bonchev–Trinajstić information content (AvgIpc) is 3.21. The van der Waals surface area contributed by atoms with Crippen LogP contribution < -0.4 is 0 Å². The number of benzene rings is 4. The first-order valence-electron chi connectivity index (χ1n) is 9.36. The molecule has 0 aliphatic carbocycles. The van der Waals surface area contributed by atoms with Crippen LogP contribution in [-0.4, -0.2) is 10.1 Å². The van der Waals surface area contributed by atoms with Gasteiger partial charge in [0.2, 0.25) is 0 Å². The van der Waals surface area contributed by atoms with E-state index >= 15 is 0 Å². The Hall–Kier alpha value is -3.78. The SMILES string of the molecule is Oc1c(-c2cc(-c3ccccc3)c(-c3ccccc3)[nH]2)ccc2ccccc12. The van der Waals surface area contributed by atoms with Gasteiger partial charge in [-0.3, -0.25) is 0 Å². The van der Waals surface area contributed by atoms with E-state index in [1.165, 1.54) is 0 Å². The Kier molecular flexibility index (Phi) is 3.95. The van der Waals surface area contributed by atoms with Crippen LogP contribution in [0.25, 0.3) is 44.4 Å². The third-order valence-electron chi connectivity index (χ3n) is 5.16. The Balaban J connectivity index is 1.74. The van der Waals surface area contributed by atoms with Gasteiger partial charge in [0.25, 0.3) is 0 Å². The number of phenols is 1. The number of aromatic nitrogens is 1. The zero-order valence-corrected chi connectivity index (χ0v) is 15.3. The third-order valence-corrected chi connectivity index (χ3v) is 5.16. The quantitative estimate of drug-likeness (QED) is 0.361. The molecule has 0 saturated heterocycles. The van der Waals surface area contributed by atoms with Crippen LogP contribution in [0.15, 0.2) is 103 Å². The van der Waals surface area contributed by atoms with Gasteiger partial charge in [-0.15, -0.1) is 0 Å². The second-order valence-electron chi connectivity index (χ2n) is 6.89. The molecule has 0 atom stereocenters. The summed E-state index contributed by atoms with van der Waals surface area (Å²) < 4.78 is 0. The third kappa shape index (κ3) is 2.76. The first kappa shape index (κ1) is 16.4. The molecule has 0 bridgehead atoms. The lowest BCUT2D eigenvalue weighted by Gasteiger charge is -2.07. The summed E-state index contributed by atoms with van der Waals surface area (Å²) in [6.07, 6.45) is 0. The van der Waals surface area contributed by atoms with E-state index in [0.29, 0.717) is 5.75 Å². The topological polar surface area (TPSA) is 36.0 Å². The molecule has 0 saturated carbocycles. The van der Waals surface area contributed by atoms with E-state index in [2.05, 4.69) is 41.4 Å². The van der Waals surface area contributed by atoms with Crippen molar-refractivity contribution < 1.29 is 5.11 Å². The van der Waals surface area contributed by atoms with E-state index in [9.17, 15) is 5.11 Å². The van der Waals surface area contributed by atoms with Crippen LogP contribution in [0.1, 0.15) is 0 Å². The largest absolute Gasteiger partial charge is 0.507 e. The molecule has 0 unspecified atom stereocenters. The van der Waals surface area contributed by atoms with Gasteiger partial charge < -0.3 is 10.1 Å². The number of hydrogen-bond donors (Lipinski definition) is 2. The molecule has 0 fully saturated rings. The standard InChI is InChI=1S/C26H19NO/c28-26-21-14-8-7-11-19(21)15-16-22(26)24-17-23(18-9-3-1-4-10-18)25(27-24)20-12-5-2-6-13-20/h1-17,27-28H. The molecule has 0 radical (unpaired) electrons. The van der Waals surface area contributed by atoms with Crippen LogP contribution >= 0.6 is 0 Å².